The SMILES string of the molecule is CB/C(CI)=N/C(N)=C(C)C. The molecule has 62 valence electrons. The Morgan fingerprint density at radius 2 is 2.09 bits per heavy atom. The highest BCUT2D eigenvalue weighted by Crippen LogP contribution is 1.98. The number of hydrogen-bond acceptors (Lipinski definition) is 2. The summed E-state index contributed by atoms with van der Waals surface area (Å²) in [7, 11) is 0.983. The molecule has 0 fully saturated rings. The van der Waals surface area contributed by atoms with Crippen molar-refractivity contribution in [1.29, 1.82) is 0 Å². The first-order valence-electron chi connectivity index (χ1n) is 3.67. The van der Waals surface area contributed by atoms with Gasteiger partial charge in [0.2, 0.25) is 0 Å². The van der Waals surface area contributed by atoms with E-state index in [1.807, 2.05) is 13.8 Å². The quantitative estimate of drug-likeness (QED) is 0.357. The van der Waals surface area contributed by atoms with Crippen molar-refractivity contribution in [2.45, 2.75) is 20.7 Å². The highest BCUT2D eigenvalue weighted by atomic mass is 127. The second kappa shape index (κ2) is 5.63. The summed E-state index contributed by atoms with van der Waals surface area (Å²) in [6.07, 6.45) is 0. The highest BCUT2D eigenvalue weighted by Gasteiger charge is 1.95. The molecule has 11 heavy (non-hydrogen) atoms. The van der Waals surface area contributed by atoms with E-state index >= 15 is 0 Å². The van der Waals surface area contributed by atoms with Gasteiger partial charge in [-0.1, -0.05) is 29.4 Å². The third kappa shape index (κ3) is 4.45. The third-order valence-electron chi connectivity index (χ3n) is 1.35. The predicted molar refractivity (Wildman–Crippen MR) is 61.9 cm³/mol. The lowest BCUT2D eigenvalue weighted by molar-refractivity contribution is 1.15. The molecule has 0 spiro atoms. The van der Waals surface area contributed by atoms with E-state index in [-0.39, 0.29) is 0 Å². The van der Waals surface area contributed by atoms with E-state index in [9.17, 15) is 0 Å². The van der Waals surface area contributed by atoms with Gasteiger partial charge in [-0.3, -0.25) is 4.99 Å². The number of allylic oxidation sites excluding steroid dienone is 1. The molecule has 0 aromatic carbocycles. The highest BCUT2D eigenvalue weighted by molar-refractivity contribution is 14.1. The first-order valence-corrected chi connectivity index (χ1v) is 5.19. The number of aliphatic imine (C=N–C) groups is 1. The van der Waals surface area contributed by atoms with Crippen LogP contribution in [-0.2, 0) is 0 Å². The molecule has 0 atom stereocenters. The van der Waals surface area contributed by atoms with Crippen molar-refractivity contribution in [3.8, 4) is 0 Å². The van der Waals surface area contributed by atoms with Gasteiger partial charge in [0.25, 0.3) is 0 Å². The second-order valence-electron chi connectivity index (χ2n) is 2.55. The molecular formula is C7H14BIN2. The molecule has 0 aliphatic carbocycles. The zero-order chi connectivity index (χ0) is 8.85. The number of nitrogens with two attached hydrogens (primary N) is 1. The van der Waals surface area contributed by atoms with Crippen LogP contribution in [0.4, 0.5) is 0 Å². The summed E-state index contributed by atoms with van der Waals surface area (Å²) in [5.74, 6) is 0.665. The predicted octanol–water partition coefficient (Wildman–Crippen LogP) is 1.51. The van der Waals surface area contributed by atoms with Crippen molar-refractivity contribution < 1.29 is 0 Å². The van der Waals surface area contributed by atoms with Gasteiger partial charge in [-0.05, 0) is 25.0 Å². The monoisotopic (exact) mass is 264 g/mol. The topological polar surface area (TPSA) is 38.4 Å². The Bertz CT molecular complexity index is 177. The van der Waals surface area contributed by atoms with E-state index in [1.54, 1.807) is 0 Å². The normalized spacial score (nSPS) is 11.1. The number of alkyl halides is 1. The van der Waals surface area contributed by atoms with Crippen LogP contribution in [0.1, 0.15) is 13.8 Å². The lowest BCUT2D eigenvalue weighted by Crippen LogP contribution is -2.10. The molecule has 0 aromatic heterocycles. The minimum absolute atomic E-state index is 0.665. The Labute approximate surface area is 82.7 Å². The molecule has 0 aliphatic heterocycles. The first-order chi connectivity index (χ1) is 5.11. The van der Waals surface area contributed by atoms with Gasteiger partial charge in [0.15, 0.2) is 7.28 Å². The van der Waals surface area contributed by atoms with Gasteiger partial charge in [-0.2, -0.15) is 0 Å². The Balaban J connectivity index is 4.39. The summed E-state index contributed by atoms with van der Waals surface area (Å²) >= 11 is 2.30. The van der Waals surface area contributed by atoms with Crippen LogP contribution in [0.2, 0.25) is 6.82 Å². The van der Waals surface area contributed by atoms with E-state index in [0.717, 1.165) is 22.9 Å². The molecule has 2 N–H and O–H groups in total. The van der Waals surface area contributed by atoms with Crippen molar-refractivity contribution in [3.63, 3.8) is 0 Å². The largest absolute Gasteiger partial charge is 0.384 e. The van der Waals surface area contributed by atoms with Gasteiger partial charge in [0, 0.05) is 4.43 Å². The van der Waals surface area contributed by atoms with Crippen molar-refractivity contribution in [3.05, 3.63) is 11.4 Å². The number of hydrogen-bond donors (Lipinski definition) is 1. The average Bonchev–Trinajstić information content (AvgIpc) is 1.99. The lowest BCUT2D eigenvalue weighted by atomic mass is 9.77. The van der Waals surface area contributed by atoms with Gasteiger partial charge in [0.1, 0.15) is 5.82 Å². The molecule has 0 aliphatic rings. The molecule has 0 unspecified atom stereocenters. The third-order valence-corrected chi connectivity index (χ3v) is 2.23. The fourth-order valence-corrected chi connectivity index (χ4v) is 1.20. The van der Waals surface area contributed by atoms with Crippen LogP contribution >= 0.6 is 22.6 Å². The van der Waals surface area contributed by atoms with Gasteiger partial charge >= 0.3 is 0 Å². The van der Waals surface area contributed by atoms with Crippen LogP contribution in [0.5, 0.6) is 0 Å². The fourth-order valence-electron chi connectivity index (χ4n) is 0.486. The second-order valence-corrected chi connectivity index (χ2v) is 3.31. The van der Waals surface area contributed by atoms with Gasteiger partial charge in [0.05, 0.1) is 0 Å². The van der Waals surface area contributed by atoms with E-state index in [0.29, 0.717) is 5.82 Å². The van der Waals surface area contributed by atoms with E-state index in [2.05, 4.69) is 34.4 Å². The van der Waals surface area contributed by atoms with Crippen molar-refractivity contribution in [1.82, 2.24) is 0 Å². The van der Waals surface area contributed by atoms with Crippen LogP contribution in [0.15, 0.2) is 16.4 Å². The van der Waals surface area contributed by atoms with Gasteiger partial charge in [-0.15, -0.1) is 0 Å². The van der Waals surface area contributed by atoms with Gasteiger partial charge < -0.3 is 5.73 Å². The minimum Gasteiger partial charge on any atom is -0.384 e. The molecular weight excluding hydrogens is 250 g/mol. The van der Waals surface area contributed by atoms with Crippen LogP contribution < -0.4 is 5.73 Å². The first kappa shape index (κ1) is 11.0. The maximum Gasteiger partial charge on any atom is 0.174 e. The van der Waals surface area contributed by atoms with Crippen LogP contribution in [0, 0.1) is 0 Å². The molecule has 4 heteroatoms. The number of nitrogens with zero attached hydrogens (tertiary/aromatic N) is 1. The molecule has 0 rings (SSSR count). The molecule has 0 bridgehead atoms. The summed E-state index contributed by atoms with van der Waals surface area (Å²) in [5, 5.41) is 0. The molecule has 0 saturated carbocycles. The maximum atomic E-state index is 5.66. The Morgan fingerprint density at radius 3 is 2.36 bits per heavy atom. The zero-order valence-electron chi connectivity index (χ0n) is 7.32. The smallest absolute Gasteiger partial charge is 0.174 e. The van der Waals surface area contributed by atoms with E-state index < -0.39 is 0 Å². The van der Waals surface area contributed by atoms with Crippen molar-refractivity contribution in [2.75, 3.05) is 4.43 Å². The Kier molecular flexibility index (Phi) is 5.63. The number of halogens is 1. The van der Waals surface area contributed by atoms with Crippen LogP contribution in [-0.4, -0.2) is 17.3 Å². The zero-order valence-corrected chi connectivity index (χ0v) is 9.47. The maximum absolute atomic E-state index is 5.66. The van der Waals surface area contributed by atoms with E-state index in [1.165, 1.54) is 0 Å². The van der Waals surface area contributed by atoms with Crippen LogP contribution in [0.25, 0.3) is 0 Å². The molecule has 0 heterocycles. The molecule has 2 nitrogen and oxygen atoms in total. The summed E-state index contributed by atoms with van der Waals surface area (Å²) in [6, 6.07) is 0. The van der Waals surface area contributed by atoms with Crippen molar-refractivity contribution >= 4 is 35.5 Å². The summed E-state index contributed by atoms with van der Waals surface area (Å²) in [5.41, 5.74) is 7.90. The molecule has 0 radical (unpaired) electrons. The standard InChI is InChI=1S/C7H14BIN2/c1-5(2)7(10)11-6(4-9)8-3/h8H,4,10H2,1-3H3/b11-6+. The molecule has 0 aromatic rings. The lowest BCUT2D eigenvalue weighted by Gasteiger charge is -1.99. The summed E-state index contributed by atoms with van der Waals surface area (Å²) < 4.78 is 0.961. The summed E-state index contributed by atoms with van der Waals surface area (Å²) in [6.45, 7) is 6.04. The number of rotatable bonds is 3. The van der Waals surface area contributed by atoms with Crippen molar-refractivity contribution in [2.24, 2.45) is 10.7 Å². The molecule has 0 amide bonds. The fraction of sp³-hybridized carbons (Fsp3) is 0.571. The molecule has 0 saturated heterocycles. The summed E-state index contributed by atoms with van der Waals surface area (Å²) in [4.78, 5) is 4.28. The Hall–Kier alpha value is 0.00494. The Morgan fingerprint density at radius 1 is 1.55 bits per heavy atom. The van der Waals surface area contributed by atoms with Gasteiger partial charge in [-0.25, -0.2) is 0 Å². The van der Waals surface area contributed by atoms with E-state index in [4.69, 9.17) is 5.73 Å². The average molecular weight is 264 g/mol. The van der Waals surface area contributed by atoms with Crippen LogP contribution in [0.3, 0.4) is 0 Å². The minimum atomic E-state index is 0.665.